The molecule has 4 heterocycles. The van der Waals surface area contributed by atoms with Gasteiger partial charge in [0.25, 0.3) is 0 Å². The summed E-state index contributed by atoms with van der Waals surface area (Å²) in [6.07, 6.45) is 28.1. The van der Waals surface area contributed by atoms with Crippen molar-refractivity contribution in [2.45, 2.75) is 182 Å². The van der Waals surface area contributed by atoms with Crippen LogP contribution in [0.15, 0.2) is 97.1 Å². The van der Waals surface area contributed by atoms with Gasteiger partial charge in [-0.15, -0.1) is 0 Å². The van der Waals surface area contributed by atoms with E-state index in [9.17, 15) is 0 Å². The molecule has 0 aliphatic carbocycles. The van der Waals surface area contributed by atoms with Crippen LogP contribution in [0.25, 0.3) is 0 Å². The predicted molar refractivity (Wildman–Crippen MR) is 408 cm³/mol. The van der Waals surface area contributed by atoms with Gasteiger partial charge in [-0.25, -0.2) is 0 Å². The molecule has 0 bridgehead atoms. The molecule has 8 aromatic rings. The summed E-state index contributed by atoms with van der Waals surface area (Å²) >= 11 is 0. The second-order valence-corrected chi connectivity index (χ2v) is 25.4. The van der Waals surface area contributed by atoms with E-state index in [4.69, 9.17) is 41.9 Å². The molecule has 0 radical (unpaired) electrons. The third-order valence-corrected chi connectivity index (χ3v) is 16.5. The summed E-state index contributed by atoms with van der Waals surface area (Å²) < 4.78 is 27.0. The number of anilines is 16. The van der Waals surface area contributed by atoms with E-state index in [1.807, 2.05) is 97.1 Å². The third-order valence-electron chi connectivity index (χ3n) is 16.5. The van der Waals surface area contributed by atoms with E-state index in [2.05, 4.69) is 130 Å². The Morgan fingerprint density at radius 3 is 0.644 bits per heavy atom. The smallest absolute Gasteiger partial charge is 0.233 e. The summed E-state index contributed by atoms with van der Waals surface area (Å²) in [5, 5.41) is 26.3. The van der Waals surface area contributed by atoms with E-state index >= 15 is 0 Å². The first kappa shape index (κ1) is 76.5. The topological polar surface area (TPSA) is 392 Å². The van der Waals surface area contributed by atoms with Crippen LogP contribution in [0.5, 0.6) is 23.0 Å². The van der Waals surface area contributed by atoms with Crippen molar-refractivity contribution in [1.82, 2.24) is 59.8 Å². The molecule has 28 nitrogen and oxygen atoms in total. The Balaban J connectivity index is 1.01. The van der Waals surface area contributed by atoms with Crippen LogP contribution in [0.2, 0.25) is 0 Å². The minimum absolute atomic E-state index is 0.0679. The number of hydrogen-bond donors (Lipinski definition) is 12. The highest BCUT2D eigenvalue weighted by Gasteiger charge is 2.36. The minimum atomic E-state index is -1.01. The van der Waals surface area contributed by atoms with Gasteiger partial charge in [-0.2, -0.15) is 59.8 Å². The second-order valence-electron chi connectivity index (χ2n) is 25.4. The lowest BCUT2D eigenvalue weighted by Crippen LogP contribution is -2.45. The molecular formula is C73H108N24O4. The fraction of sp³-hybridized carbons (Fsp3) is 0.507. The molecule has 0 atom stereocenters. The maximum absolute atomic E-state index is 6.76. The quantitative estimate of drug-likeness (QED) is 0.0158. The molecule has 0 saturated heterocycles. The Hall–Kier alpha value is -10.3. The molecule has 28 heteroatoms. The Morgan fingerprint density at radius 2 is 0.436 bits per heavy atom. The van der Waals surface area contributed by atoms with Crippen molar-refractivity contribution in [2.24, 2.45) is 5.41 Å². The molecule has 544 valence electrons. The molecule has 0 spiro atoms. The minimum Gasteiger partial charge on any atom is -0.493 e. The molecule has 4 aromatic heterocycles. The molecule has 0 saturated carbocycles. The summed E-state index contributed by atoms with van der Waals surface area (Å²) in [6, 6.07) is 29.9. The van der Waals surface area contributed by atoms with Gasteiger partial charge < -0.3 is 84.4 Å². The van der Waals surface area contributed by atoms with Crippen LogP contribution >= 0.6 is 0 Å². The van der Waals surface area contributed by atoms with Gasteiger partial charge in [0.1, 0.15) is 54.8 Å². The largest absolute Gasteiger partial charge is 0.493 e. The Labute approximate surface area is 595 Å². The number of hydrogen-bond acceptors (Lipinski definition) is 28. The standard InChI is InChI=1S/C73H108N24O4/c1-5-9-13-17-21-25-45-78-65-86-61(74)90-69(94-65)82-53-29-37-57(38-30-53)98-49-73(50-99-58-39-31-54(32-40-58)83-70-91-62(75)87-66(95-70)79-46-26-22-18-14-10-6-2,51-100-59-41-33-55(34-42-59)84-71-92-63(76)88-67(96-71)80-47-27-23-19-15-11-7-3)52-101-60-43-35-56(36-44-60)85-72-93-64(77)89-68(97-72)81-48-28-24-20-16-12-8-4/h29-44H,5-28,45-52H2,1-4H3,(H4,74,78,82,86,90,94)(H4,75,79,83,87,91,95)(H4,76,80,84,88,92,96)(H4,77,81,85,89,93,97). The molecular weight excluding hydrogens is 1280 g/mol. The van der Waals surface area contributed by atoms with Crippen molar-refractivity contribution in [3.63, 3.8) is 0 Å². The number of ether oxygens (including phenoxy) is 4. The molecule has 0 unspecified atom stereocenters. The number of nitrogens with two attached hydrogens (primary N) is 4. The zero-order valence-electron chi connectivity index (χ0n) is 59.7. The van der Waals surface area contributed by atoms with Crippen LogP contribution in [-0.2, 0) is 0 Å². The maximum Gasteiger partial charge on any atom is 0.233 e. The molecule has 0 amide bonds. The first-order chi connectivity index (χ1) is 49.4. The number of unbranched alkanes of at least 4 members (excludes halogenated alkanes) is 20. The van der Waals surface area contributed by atoms with Gasteiger partial charge in [-0.3, -0.25) is 0 Å². The number of nitrogen functional groups attached to an aromatic ring is 4. The maximum atomic E-state index is 6.76. The zero-order valence-corrected chi connectivity index (χ0v) is 59.7. The van der Waals surface area contributed by atoms with Gasteiger partial charge in [-0.1, -0.05) is 156 Å². The van der Waals surface area contributed by atoms with Crippen LogP contribution in [-0.4, -0.2) is 112 Å². The van der Waals surface area contributed by atoms with Crippen molar-refractivity contribution in [2.75, 3.05) is 118 Å². The number of rotatable bonds is 52. The van der Waals surface area contributed by atoms with Crippen molar-refractivity contribution < 1.29 is 18.9 Å². The second kappa shape index (κ2) is 43.3. The van der Waals surface area contributed by atoms with Gasteiger partial charge in [-0.05, 0) is 123 Å². The molecule has 4 aromatic carbocycles. The molecule has 8 rings (SSSR count). The highest BCUT2D eigenvalue weighted by atomic mass is 16.5. The Morgan fingerprint density at radius 1 is 0.248 bits per heavy atom. The summed E-state index contributed by atoms with van der Waals surface area (Å²) in [6.45, 7) is 12.1. The van der Waals surface area contributed by atoms with Gasteiger partial charge in [0, 0.05) is 48.9 Å². The zero-order chi connectivity index (χ0) is 71.0. The first-order valence-corrected chi connectivity index (χ1v) is 36.4. The Bertz CT molecular complexity index is 3140. The molecule has 0 aliphatic heterocycles. The number of benzene rings is 4. The van der Waals surface area contributed by atoms with Crippen LogP contribution in [0.4, 0.5) is 94.1 Å². The summed E-state index contributed by atoms with van der Waals surface area (Å²) in [5.74, 6) is 5.54. The highest BCUT2D eigenvalue weighted by Crippen LogP contribution is 2.31. The average Bonchev–Trinajstić information content (AvgIpc) is 0.842. The molecule has 0 aliphatic rings. The van der Waals surface area contributed by atoms with Gasteiger partial charge in [0.05, 0.1) is 0 Å². The van der Waals surface area contributed by atoms with Gasteiger partial charge in [0.2, 0.25) is 71.4 Å². The lowest BCUT2D eigenvalue weighted by Gasteiger charge is -2.33. The van der Waals surface area contributed by atoms with Crippen molar-refractivity contribution in [3.05, 3.63) is 97.1 Å². The fourth-order valence-electron chi connectivity index (χ4n) is 10.8. The average molecular weight is 1390 g/mol. The van der Waals surface area contributed by atoms with Crippen molar-refractivity contribution >= 4 is 94.1 Å². The summed E-state index contributed by atoms with van der Waals surface area (Å²) in [7, 11) is 0. The van der Waals surface area contributed by atoms with Crippen molar-refractivity contribution in [1.29, 1.82) is 0 Å². The van der Waals surface area contributed by atoms with E-state index in [1.165, 1.54) is 103 Å². The van der Waals surface area contributed by atoms with Gasteiger partial charge in [0.15, 0.2) is 0 Å². The lowest BCUT2D eigenvalue weighted by atomic mass is 9.92. The van der Waals surface area contributed by atoms with E-state index < -0.39 is 5.41 Å². The van der Waals surface area contributed by atoms with Crippen LogP contribution in [0, 0.1) is 5.41 Å². The van der Waals surface area contributed by atoms with Crippen LogP contribution in [0.1, 0.15) is 182 Å². The SMILES string of the molecule is CCCCCCCCNc1nc(N)nc(Nc2ccc(OCC(COc3ccc(Nc4nc(N)nc(NCCCCCCCC)n4)cc3)(COc3ccc(Nc4nc(N)nc(NCCCCCCCC)n4)cc3)COc3ccc(Nc4nc(N)nc(NCCCCCCCC)n4)cc3)cc2)n1. The molecule has 16 N–H and O–H groups in total. The predicted octanol–water partition coefficient (Wildman–Crippen LogP) is 15.4. The summed E-state index contributed by atoms with van der Waals surface area (Å²) in [5.41, 5.74) is 26.5. The highest BCUT2D eigenvalue weighted by molar-refractivity contribution is 5.60. The first-order valence-electron chi connectivity index (χ1n) is 36.4. The molecule has 0 fully saturated rings. The van der Waals surface area contributed by atoms with Gasteiger partial charge >= 0.3 is 0 Å². The monoisotopic (exact) mass is 1380 g/mol. The Kier molecular flexibility index (Phi) is 32.8. The van der Waals surface area contributed by atoms with E-state index in [0.29, 0.717) is 93.3 Å². The van der Waals surface area contributed by atoms with Crippen molar-refractivity contribution in [3.8, 4) is 23.0 Å². The normalized spacial score (nSPS) is 11.2. The number of aromatic nitrogens is 12. The van der Waals surface area contributed by atoms with Crippen LogP contribution < -0.4 is 84.4 Å². The lowest BCUT2D eigenvalue weighted by molar-refractivity contribution is -0.00350. The molecule has 101 heavy (non-hydrogen) atoms. The number of nitrogens with zero attached hydrogens (tertiary/aromatic N) is 12. The van der Waals surface area contributed by atoms with E-state index in [-0.39, 0.29) is 50.2 Å². The van der Waals surface area contributed by atoms with E-state index in [0.717, 1.165) is 77.5 Å². The third kappa shape index (κ3) is 29.2. The summed E-state index contributed by atoms with van der Waals surface area (Å²) in [4.78, 5) is 53.1. The number of nitrogens with one attached hydrogen (secondary N) is 8. The van der Waals surface area contributed by atoms with E-state index in [1.54, 1.807) is 0 Å². The fourth-order valence-corrected chi connectivity index (χ4v) is 10.8. The van der Waals surface area contributed by atoms with Crippen LogP contribution in [0.3, 0.4) is 0 Å².